The van der Waals surface area contributed by atoms with Crippen LogP contribution in [0.2, 0.25) is 5.02 Å². The molecule has 3 aromatic rings. The summed E-state index contributed by atoms with van der Waals surface area (Å²) in [6.07, 6.45) is 4.19. The van der Waals surface area contributed by atoms with Gasteiger partial charge in [0.2, 0.25) is 0 Å². The Bertz CT molecular complexity index is 1060. The van der Waals surface area contributed by atoms with Gasteiger partial charge in [0.1, 0.15) is 6.23 Å². The Morgan fingerprint density at radius 2 is 1.93 bits per heavy atom. The first-order valence-corrected chi connectivity index (χ1v) is 11.1. The van der Waals surface area contributed by atoms with Gasteiger partial charge in [-0.05, 0) is 73.3 Å². The molecular formula is C24H29Cl2N3O. The molecule has 4 nitrogen and oxygen atoms in total. The molecule has 0 amide bonds. The third-order valence-electron chi connectivity index (χ3n) is 6.44. The first kappa shape index (κ1) is 21.7. The maximum Gasteiger partial charge on any atom is 0.132 e. The summed E-state index contributed by atoms with van der Waals surface area (Å²) in [5.74, 6) is 0. The molecule has 1 atom stereocenters. The minimum absolute atomic E-state index is 0. The van der Waals surface area contributed by atoms with E-state index in [-0.39, 0.29) is 12.4 Å². The van der Waals surface area contributed by atoms with Gasteiger partial charge < -0.3 is 10.1 Å². The van der Waals surface area contributed by atoms with Crippen LogP contribution in [0.1, 0.15) is 54.7 Å². The molecule has 3 N–H and O–H groups in total. The number of hydrogen-bond acceptors (Lipinski definition) is 3. The van der Waals surface area contributed by atoms with Crippen LogP contribution in [0.4, 0.5) is 0 Å². The largest absolute Gasteiger partial charge is 0.374 e. The molecule has 160 valence electrons. The summed E-state index contributed by atoms with van der Waals surface area (Å²) in [6.45, 7) is 6.16. The van der Waals surface area contributed by atoms with Crippen molar-refractivity contribution < 1.29 is 5.11 Å². The smallest absolute Gasteiger partial charge is 0.132 e. The van der Waals surface area contributed by atoms with E-state index in [1.54, 1.807) is 0 Å². The number of aromatic nitrogens is 1. The van der Waals surface area contributed by atoms with Gasteiger partial charge in [0, 0.05) is 45.8 Å². The molecule has 2 aliphatic heterocycles. The number of benzene rings is 2. The number of hydrogen-bond donors (Lipinski definition) is 3. The lowest BCUT2D eigenvalue weighted by Crippen LogP contribution is -2.28. The highest BCUT2D eigenvalue weighted by molar-refractivity contribution is 6.32. The Balaban J connectivity index is 0.00000218. The molecule has 0 bridgehead atoms. The Kier molecular flexibility index (Phi) is 6.42. The zero-order valence-electron chi connectivity index (χ0n) is 17.3. The highest BCUT2D eigenvalue weighted by Gasteiger charge is 2.28. The van der Waals surface area contributed by atoms with E-state index in [4.69, 9.17) is 11.6 Å². The molecule has 3 heterocycles. The van der Waals surface area contributed by atoms with Crippen molar-refractivity contribution >= 4 is 34.9 Å². The highest BCUT2D eigenvalue weighted by Crippen LogP contribution is 2.40. The van der Waals surface area contributed by atoms with Crippen LogP contribution in [0.5, 0.6) is 0 Å². The van der Waals surface area contributed by atoms with Gasteiger partial charge in [0.25, 0.3) is 0 Å². The number of nitrogens with one attached hydrogen (secondary N) is 2. The third kappa shape index (κ3) is 3.88. The molecule has 2 aliphatic rings. The molecule has 5 rings (SSSR count). The monoisotopic (exact) mass is 445 g/mol. The summed E-state index contributed by atoms with van der Waals surface area (Å²) in [7, 11) is 0. The summed E-state index contributed by atoms with van der Waals surface area (Å²) in [6, 6.07) is 11.1. The first-order valence-electron chi connectivity index (χ1n) is 10.7. The van der Waals surface area contributed by atoms with Gasteiger partial charge >= 0.3 is 0 Å². The van der Waals surface area contributed by atoms with Gasteiger partial charge in [0.05, 0.1) is 0 Å². The molecular weight excluding hydrogens is 417 g/mol. The standard InChI is InChI=1S/C24H28ClN3O.ClH/c1-2-16-11-18(22-19(23(16)25)13-26-24(22)29)21-12-17-10-15(6-7-20(17)27-21)14-28-8-4-3-5-9-28;/h6-7,10-12,24,26-27,29H,2-5,8-9,13-14H2,1H3;1H. The summed E-state index contributed by atoms with van der Waals surface area (Å²) in [5, 5.41) is 15.7. The minimum atomic E-state index is -0.676. The molecule has 1 fully saturated rings. The lowest BCUT2D eigenvalue weighted by Gasteiger charge is -2.26. The predicted octanol–water partition coefficient (Wildman–Crippen LogP) is 5.55. The van der Waals surface area contributed by atoms with Crippen molar-refractivity contribution in [1.29, 1.82) is 0 Å². The van der Waals surface area contributed by atoms with Crippen LogP contribution in [-0.2, 0) is 19.5 Å². The maximum absolute atomic E-state index is 10.5. The number of aliphatic hydroxyl groups excluding tert-OH is 1. The summed E-state index contributed by atoms with van der Waals surface area (Å²) in [4.78, 5) is 6.12. The van der Waals surface area contributed by atoms with Gasteiger partial charge in [-0.1, -0.05) is 31.0 Å². The average molecular weight is 446 g/mol. The number of piperidine rings is 1. The van der Waals surface area contributed by atoms with Gasteiger partial charge in [-0.15, -0.1) is 12.4 Å². The van der Waals surface area contributed by atoms with Crippen LogP contribution < -0.4 is 5.32 Å². The third-order valence-corrected chi connectivity index (χ3v) is 6.91. The highest BCUT2D eigenvalue weighted by atomic mass is 35.5. The Morgan fingerprint density at radius 3 is 2.70 bits per heavy atom. The minimum Gasteiger partial charge on any atom is -0.374 e. The molecule has 0 saturated carbocycles. The Morgan fingerprint density at radius 1 is 1.13 bits per heavy atom. The van der Waals surface area contributed by atoms with Crippen LogP contribution >= 0.6 is 24.0 Å². The van der Waals surface area contributed by atoms with Crippen molar-refractivity contribution in [3.8, 4) is 11.3 Å². The Hall–Kier alpha value is -1.56. The van der Waals surface area contributed by atoms with Crippen LogP contribution in [0.15, 0.2) is 30.3 Å². The van der Waals surface area contributed by atoms with Crippen LogP contribution in [0.25, 0.3) is 22.2 Å². The zero-order valence-corrected chi connectivity index (χ0v) is 18.9. The van der Waals surface area contributed by atoms with E-state index in [0.29, 0.717) is 6.54 Å². The van der Waals surface area contributed by atoms with Crippen LogP contribution in [-0.4, -0.2) is 28.1 Å². The molecule has 0 spiro atoms. The second-order valence-electron chi connectivity index (χ2n) is 8.37. The average Bonchev–Trinajstić information content (AvgIpc) is 3.33. The quantitative estimate of drug-likeness (QED) is 0.492. The normalized spacial score (nSPS) is 19.1. The van der Waals surface area contributed by atoms with E-state index >= 15 is 0 Å². The number of aliphatic hydroxyl groups is 1. The van der Waals surface area contributed by atoms with Crippen molar-refractivity contribution in [2.45, 2.75) is 51.9 Å². The van der Waals surface area contributed by atoms with Gasteiger partial charge in [-0.25, -0.2) is 0 Å². The molecule has 30 heavy (non-hydrogen) atoms. The Labute approximate surface area is 189 Å². The molecule has 1 saturated heterocycles. The van der Waals surface area contributed by atoms with E-state index in [9.17, 15) is 5.11 Å². The number of likely N-dealkylation sites (tertiary alicyclic amines) is 1. The van der Waals surface area contributed by atoms with Crippen LogP contribution in [0, 0.1) is 0 Å². The first-order chi connectivity index (χ1) is 14.1. The van der Waals surface area contributed by atoms with Crippen molar-refractivity contribution in [3.63, 3.8) is 0 Å². The van der Waals surface area contributed by atoms with Gasteiger partial charge in [-0.3, -0.25) is 10.2 Å². The van der Waals surface area contributed by atoms with Crippen molar-refractivity contribution in [1.82, 2.24) is 15.2 Å². The van der Waals surface area contributed by atoms with E-state index in [1.807, 2.05) is 0 Å². The number of aromatic amines is 1. The second kappa shape index (κ2) is 8.89. The summed E-state index contributed by atoms with van der Waals surface area (Å²) < 4.78 is 0. The van der Waals surface area contributed by atoms with Crippen molar-refractivity contribution in [3.05, 3.63) is 57.6 Å². The predicted molar refractivity (Wildman–Crippen MR) is 126 cm³/mol. The van der Waals surface area contributed by atoms with E-state index in [0.717, 1.165) is 51.5 Å². The summed E-state index contributed by atoms with van der Waals surface area (Å²) in [5.41, 5.74) is 7.64. The van der Waals surface area contributed by atoms with Crippen LogP contribution in [0.3, 0.4) is 0 Å². The van der Waals surface area contributed by atoms with Crippen molar-refractivity contribution in [2.24, 2.45) is 0 Å². The number of nitrogens with zero attached hydrogens (tertiary/aromatic N) is 1. The van der Waals surface area contributed by atoms with E-state index in [2.05, 4.69) is 52.5 Å². The lowest BCUT2D eigenvalue weighted by atomic mass is 9.95. The fraction of sp³-hybridized carbons (Fsp3) is 0.417. The maximum atomic E-state index is 10.5. The summed E-state index contributed by atoms with van der Waals surface area (Å²) >= 11 is 6.61. The molecule has 0 aliphatic carbocycles. The van der Waals surface area contributed by atoms with Gasteiger partial charge in [-0.2, -0.15) is 0 Å². The number of aryl methyl sites for hydroxylation is 1. The SMILES string of the molecule is CCc1cc(-c2cc3cc(CN4CCCCC4)ccc3[nH]2)c2c(c1Cl)CNC2O.Cl. The topological polar surface area (TPSA) is 51.3 Å². The molecule has 0 radical (unpaired) electrons. The molecule has 2 aromatic carbocycles. The fourth-order valence-electron chi connectivity index (χ4n) is 4.86. The molecule has 1 aromatic heterocycles. The number of halogens is 2. The van der Waals surface area contributed by atoms with E-state index < -0.39 is 6.23 Å². The van der Waals surface area contributed by atoms with E-state index in [1.165, 1.54) is 43.3 Å². The van der Waals surface area contributed by atoms with Gasteiger partial charge in [0.15, 0.2) is 0 Å². The second-order valence-corrected chi connectivity index (χ2v) is 8.75. The lowest BCUT2D eigenvalue weighted by molar-refractivity contribution is 0.152. The molecule has 1 unspecified atom stereocenters. The molecule has 6 heteroatoms. The number of fused-ring (bicyclic) bond motifs is 2. The number of H-pyrrole nitrogens is 1. The number of rotatable bonds is 4. The van der Waals surface area contributed by atoms with Crippen molar-refractivity contribution in [2.75, 3.05) is 13.1 Å². The zero-order chi connectivity index (χ0) is 20.0. The fourth-order valence-corrected chi connectivity index (χ4v) is 5.21.